The average molecular weight is 507 g/mol. The zero-order chi connectivity index (χ0) is 27.2. The van der Waals surface area contributed by atoms with Crippen LogP contribution in [0.1, 0.15) is 39.0 Å². The molecule has 4 aromatic rings. The molecule has 0 aliphatic rings. The van der Waals surface area contributed by atoms with Crippen molar-refractivity contribution in [2.75, 3.05) is 17.7 Å². The minimum atomic E-state index is -0.466. The molecule has 3 N–H and O–H groups in total. The van der Waals surface area contributed by atoms with Crippen molar-refractivity contribution in [1.82, 2.24) is 0 Å². The highest BCUT2D eigenvalue weighted by Crippen LogP contribution is 2.35. The van der Waals surface area contributed by atoms with E-state index in [2.05, 4.69) is 5.32 Å². The van der Waals surface area contributed by atoms with E-state index in [0.717, 1.165) is 18.1 Å². The Kier molecular flexibility index (Phi) is 11.9. The van der Waals surface area contributed by atoms with E-state index in [0.29, 0.717) is 23.4 Å². The number of anilines is 2. The Labute approximate surface area is 218 Å². The molecule has 0 saturated heterocycles. The molecule has 0 spiro atoms. The van der Waals surface area contributed by atoms with Crippen LogP contribution in [0, 0.1) is 18.6 Å². The van der Waals surface area contributed by atoms with Gasteiger partial charge < -0.3 is 20.2 Å². The number of benzene rings is 3. The Morgan fingerprint density at radius 3 is 2.16 bits per heavy atom. The molecule has 4 rings (SSSR count). The molecule has 0 fully saturated rings. The number of hydrogen-bond donors (Lipinski definition) is 2. The lowest BCUT2D eigenvalue weighted by Gasteiger charge is -2.14. The molecule has 4 nitrogen and oxygen atoms in total. The van der Waals surface area contributed by atoms with E-state index < -0.39 is 11.6 Å². The van der Waals surface area contributed by atoms with Crippen LogP contribution < -0.4 is 11.1 Å². The molecular formula is C31H36F2N2O2. The second-order valence-corrected chi connectivity index (χ2v) is 7.78. The minimum absolute atomic E-state index is 0.223. The van der Waals surface area contributed by atoms with Crippen molar-refractivity contribution in [1.29, 1.82) is 0 Å². The standard InChI is InChI=1S/C24H20F2N2O.C5H10O.C2H6/c1-15-23(17-6-10-19(11-7-17)28-14-20-3-2-12-29-20)22(25)13-21(24(15)26)16-4-8-18(27)9-5-16;1-3-5-6-4-2;1-2/h2-13,28H,14,27H2,1H3;3,5H,4H2,1-2H3;1-2H3/b;5-3-;. The predicted molar refractivity (Wildman–Crippen MR) is 150 cm³/mol. The first-order chi connectivity index (χ1) is 17.9. The Morgan fingerprint density at radius 1 is 0.973 bits per heavy atom. The van der Waals surface area contributed by atoms with Gasteiger partial charge in [-0.1, -0.05) is 44.2 Å². The highest BCUT2D eigenvalue weighted by Gasteiger charge is 2.18. The molecule has 196 valence electrons. The molecule has 0 atom stereocenters. The SMILES string of the molecule is C/C=C\OCC.CC.Cc1c(F)c(-c2ccc(N)cc2)cc(F)c1-c1ccc(NCc2ccco2)cc1. The van der Waals surface area contributed by atoms with Crippen LogP contribution >= 0.6 is 0 Å². The molecule has 37 heavy (non-hydrogen) atoms. The number of nitrogen functional groups attached to an aromatic ring is 1. The van der Waals surface area contributed by atoms with Gasteiger partial charge in [-0.15, -0.1) is 0 Å². The second kappa shape index (κ2) is 15.1. The van der Waals surface area contributed by atoms with Gasteiger partial charge in [-0.3, -0.25) is 0 Å². The second-order valence-electron chi connectivity index (χ2n) is 7.78. The lowest BCUT2D eigenvalue weighted by Crippen LogP contribution is -1.99. The van der Waals surface area contributed by atoms with Crippen molar-refractivity contribution in [3.8, 4) is 22.3 Å². The van der Waals surface area contributed by atoms with E-state index in [1.54, 1.807) is 55.8 Å². The highest BCUT2D eigenvalue weighted by atomic mass is 19.1. The van der Waals surface area contributed by atoms with Gasteiger partial charge in [0.25, 0.3) is 0 Å². The topological polar surface area (TPSA) is 60.4 Å². The van der Waals surface area contributed by atoms with Crippen molar-refractivity contribution in [2.24, 2.45) is 0 Å². The van der Waals surface area contributed by atoms with Gasteiger partial charge in [-0.2, -0.15) is 0 Å². The number of halogens is 2. The number of nitrogens with two attached hydrogens (primary N) is 1. The summed E-state index contributed by atoms with van der Waals surface area (Å²) in [6, 6.07) is 18.9. The fourth-order valence-corrected chi connectivity index (χ4v) is 3.53. The van der Waals surface area contributed by atoms with Crippen molar-refractivity contribution in [2.45, 2.75) is 41.2 Å². The summed E-state index contributed by atoms with van der Waals surface area (Å²) in [5.74, 6) is -0.0884. The third-order valence-corrected chi connectivity index (χ3v) is 5.29. The van der Waals surface area contributed by atoms with Crippen LogP contribution in [0.25, 0.3) is 22.3 Å². The molecule has 0 radical (unpaired) electrons. The maximum Gasteiger partial charge on any atom is 0.134 e. The maximum atomic E-state index is 15.1. The Morgan fingerprint density at radius 2 is 1.62 bits per heavy atom. The number of rotatable bonds is 7. The summed E-state index contributed by atoms with van der Waals surface area (Å²) in [7, 11) is 0. The molecule has 3 aromatic carbocycles. The first kappa shape index (κ1) is 29.2. The zero-order valence-electron chi connectivity index (χ0n) is 22.1. The third-order valence-electron chi connectivity index (χ3n) is 5.29. The van der Waals surface area contributed by atoms with Crippen LogP contribution in [0.15, 0.2) is 89.7 Å². The zero-order valence-corrected chi connectivity index (χ0v) is 22.1. The van der Waals surface area contributed by atoms with E-state index in [1.807, 2.05) is 58.0 Å². The van der Waals surface area contributed by atoms with Crippen LogP contribution in [0.2, 0.25) is 0 Å². The van der Waals surface area contributed by atoms with Crippen LogP contribution in [0.5, 0.6) is 0 Å². The van der Waals surface area contributed by atoms with Crippen LogP contribution in [0.3, 0.4) is 0 Å². The third kappa shape index (κ3) is 8.24. The van der Waals surface area contributed by atoms with Crippen molar-refractivity contribution >= 4 is 11.4 Å². The summed E-state index contributed by atoms with van der Waals surface area (Å²) in [6.45, 7) is 10.8. The molecule has 1 heterocycles. The van der Waals surface area contributed by atoms with Gasteiger partial charge in [0.1, 0.15) is 17.4 Å². The van der Waals surface area contributed by atoms with Gasteiger partial charge >= 0.3 is 0 Å². The fourth-order valence-electron chi connectivity index (χ4n) is 3.53. The summed E-state index contributed by atoms with van der Waals surface area (Å²) < 4.78 is 40.1. The van der Waals surface area contributed by atoms with Crippen LogP contribution in [0.4, 0.5) is 20.2 Å². The fraction of sp³-hybridized carbons (Fsp3) is 0.226. The monoisotopic (exact) mass is 506 g/mol. The number of nitrogens with one attached hydrogen (secondary N) is 1. The largest absolute Gasteiger partial charge is 0.502 e. The Hall–Kier alpha value is -4.06. The molecule has 6 heteroatoms. The van der Waals surface area contributed by atoms with E-state index in [1.165, 1.54) is 6.07 Å². The van der Waals surface area contributed by atoms with Gasteiger partial charge in [-0.25, -0.2) is 8.78 Å². The molecule has 1 aromatic heterocycles. The van der Waals surface area contributed by atoms with Crippen LogP contribution in [-0.2, 0) is 11.3 Å². The van der Waals surface area contributed by atoms with Gasteiger partial charge in [0.05, 0.1) is 25.7 Å². The lowest BCUT2D eigenvalue weighted by atomic mass is 9.94. The van der Waals surface area contributed by atoms with Crippen molar-refractivity contribution < 1.29 is 17.9 Å². The van der Waals surface area contributed by atoms with Crippen LogP contribution in [-0.4, -0.2) is 6.61 Å². The lowest BCUT2D eigenvalue weighted by molar-refractivity contribution is 0.269. The van der Waals surface area contributed by atoms with Gasteiger partial charge in [0, 0.05) is 22.5 Å². The molecular weight excluding hydrogens is 470 g/mol. The summed E-state index contributed by atoms with van der Waals surface area (Å²) in [5, 5.41) is 3.23. The number of furan rings is 1. The normalized spacial score (nSPS) is 10.2. The Balaban J connectivity index is 0.000000531. The first-order valence-electron chi connectivity index (χ1n) is 12.4. The predicted octanol–water partition coefficient (Wildman–Crippen LogP) is 8.98. The smallest absolute Gasteiger partial charge is 0.134 e. The van der Waals surface area contributed by atoms with Crippen molar-refractivity contribution in [3.63, 3.8) is 0 Å². The first-order valence-corrected chi connectivity index (χ1v) is 12.4. The summed E-state index contributed by atoms with van der Waals surface area (Å²) in [5.41, 5.74) is 9.08. The van der Waals surface area contributed by atoms with E-state index in [9.17, 15) is 4.39 Å². The minimum Gasteiger partial charge on any atom is -0.502 e. The summed E-state index contributed by atoms with van der Waals surface area (Å²) in [6.07, 6.45) is 5.16. The molecule has 0 bridgehead atoms. The molecule has 0 aliphatic carbocycles. The maximum absolute atomic E-state index is 15.1. The molecule has 0 saturated carbocycles. The van der Waals surface area contributed by atoms with Gasteiger partial charge in [0.15, 0.2) is 0 Å². The summed E-state index contributed by atoms with van der Waals surface area (Å²) >= 11 is 0. The summed E-state index contributed by atoms with van der Waals surface area (Å²) in [4.78, 5) is 0. The van der Waals surface area contributed by atoms with Crippen molar-refractivity contribution in [3.05, 3.63) is 108 Å². The van der Waals surface area contributed by atoms with Gasteiger partial charge in [-0.05, 0) is 79.9 Å². The molecule has 0 unspecified atom stereocenters. The highest BCUT2D eigenvalue weighted by molar-refractivity contribution is 5.76. The van der Waals surface area contributed by atoms with E-state index in [-0.39, 0.29) is 16.7 Å². The Bertz CT molecular complexity index is 1230. The average Bonchev–Trinajstić information content (AvgIpc) is 3.45. The molecule has 0 amide bonds. The van der Waals surface area contributed by atoms with E-state index in [4.69, 9.17) is 14.9 Å². The number of allylic oxidation sites excluding steroid dienone is 1. The number of hydrogen-bond acceptors (Lipinski definition) is 4. The van der Waals surface area contributed by atoms with E-state index >= 15 is 4.39 Å². The number of ether oxygens (including phenoxy) is 1. The quantitative estimate of drug-likeness (QED) is 0.194. The van der Waals surface area contributed by atoms with Gasteiger partial charge in [0.2, 0.25) is 0 Å². The molecule has 0 aliphatic heterocycles.